The van der Waals surface area contributed by atoms with Crippen LogP contribution in [0.2, 0.25) is 0 Å². The van der Waals surface area contributed by atoms with Crippen molar-refractivity contribution in [3.05, 3.63) is 46.8 Å². The zero-order valence-electron chi connectivity index (χ0n) is 18.9. The smallest absolute Gasteiger partial charge is 0.339 e. The second-order valence-electron chi connectivity index (χ2n) is 7.38. The molecule has 31 heavy (non-hydrogen) atoms. The first-order chi connectivity index (χ1) is 14.9. The molecule has 166 valence electrons. The number of esters is 1. The Kier molecular flexibility index (Phi) is 7.12. The molecule has 0 aliphatic rings. The number of likely N-dealkylation sites (N-methyl/N-ethyl adjacent to an activating group) is 1. The van der Waals surface area contributed by atoms with E-state index in [9.17, 15) is 9.59 Å². The van der Waals surface area contributed by atoms with Crippen molar-refractivity contribution in [3.8, 4) is 0 Å². The standard InChI is InChI=1S/C23H31N5O3/c1-6-16-19(22(30)31-5)15(4)20(24-16)21(29)26-23-25-17-11-9-10-12-18(17)28(23)14-13-27(7-2)8-3/h9-12,24H,6-8,13-14H2,1-5H3,(H,25,26,29). The number of aromatic amines is 1. The average Bonchev–Trinajstić information content (AvgIpc) is 3.30. The number of hydrogen-bond acceptors (Lipinski definition) is 5. The van der Waals surface area contributed by atoms with Crippen LogP contribution in [0.5, 0.6) is 0 Å². The van der Waals surface area contributed by atoms with Crippen molar-refractivity contribution >= 4 is 28.9 Å². The molecule has 1 amide bonds. The molecule has 0 unspecified atom stereocenters. The predicted octanol–water partition coefficient (Wildman–Crippen LogP) is 3.62. The van der Waals surface area contributed by atoms with Crippen molar-refractivity contribution in [1.82, 2.24) is 19.4 Å². The summed E-state index contributed by atoms with van der Waals surface area (Å²) in [6.45, 7) is 11.4. The van der Waals surface area contributed by atoms with Gasteiger partial charge in [-0.2, -0.15) is 0 Å². The largest absolute Gasteiger partial charge is 0.465 e. The summed E-state index contributed by atoms with van der Waals surface area (Å²) in [6.07, 6.45) is 0.584. The Morgan fingerprint density at radius 1 is 1.19 bits per heavy atom. The van der Waals surface area contributed by atoms with E-state index in [2.05, 4.69) is 34.0 Å². The van der Waals surface area contributed by atoms with Gasteiger partial charge < -0.3 is 19.2 Å². The number of H-pyrrole nitrogens is 1. The third-order valence-electron chi connectivity index (χ3n) is 5.71. The van der Waals surface area contributed by atoms with Gasteiger partial charge in [0.15, 0.2) is 0 Å². The molecule has 0 saturated carbocycles. The van der Waals surface area contributed by atoms with Gasteiger partial charge in [0, 0.05) is 18.8 Å². The first kappa shape index (κ1) is 22.6. The summed E-state index contributed by atoms with van der Waals surface area (Å²) in [5, 5.41) is 2.95. The van der Waals surface area contributed by atoms with Crippen LogP contribution in [0.1, 0.15) is 52.9 Å². The molecule has 3 aromatic rings. The van der Waals surface area contributed by atoms with Crippen LogP contribution in [0.4, 0.5) is 5.95 Å². The third kappa shape index (κ3) is 4.49. The number of nitrogens with one attached hydrogen (secondary N) is 2. The topological polar surface area (TPSA) is 92.3 Å². The lowest BCUT2D eigenvalue weighted by molar-refractivity contribution is 0.0599. The van der Waals surface area contributed by atoms with Gasteiger partial charge in [0.25, 0.3) is 5.91 Å². The van der Waals surface area contributed by atoms with E-state index in [1.165, 1.54) is 7.11 Å². The maximum Gasteiger partial charge on any atom is 0.339 e. The molecule has 8 nitrogen and oxygen atoms in total. The number of hydrogen-bond donors (Lipinski definition) is 2. The summed E-state index contributed by atoms with van der Waals surface area (Å²) in [5.41, 5.74) is 3.82. The molecule has 3 rings (SSSR count). The van der Waals surface area contributed by atoms with Gasteiger partial charge in [0.1, 0.15) is 5.69 Å². The number of nitrogens with zero attached hydrogens (tertiary/aromatic N) is 3. The summed E-state index contributed by atoms with van der Waals surface area (Å²) < 4.78 is 6.93. The SMILES string of the molecule is CCc1[nH]c(C(=O)Nc2nc3ccccc3n2CCN(CC)CC)c(C)c1C(=O)OC. The number of imidazole rings is 1. The fourth-order valence-electron chi connectivity index (χ4n) is 3.87. The molecule has 0 atom stereocenters. The minimum absolute atomic E-state index is 0.332. The van der Waals surface area contributed by atoms with Crippen molar-refractivity contribution in [2.45, 2.75) is 40.7 Å². The van der Waals surface area contributed by atoms with Crippen LogP contribution in [0.25, 0.3) is 11.0 Å². The first-order valence-corrected chi connectivity index (χ1v) is 10.7. The zero-order valence-corrected chi connectivity index (χ0v) is 18.9. The lowest BCUT2D eigenvalue weighted by Gasteiger charge is -2.19. The Bertz CT molecular complexity index is 1080. The van der Waals surface area contributed by atoms with E-state index in [1.807, 2.05) is 35.8 Å². The maximum atomic E-state index is 13.1. The number of aromatic nitrogens is 3. The van der Waals surface area contributed by atoms with Gasteiger partial charge in [-0.05, 0) is 44.1 Å². The quantitative estimate of drug-likeness (QED) is 0.511. The molecular formula is C23H31N5O3. The van der Waals surface area contributed by atoms with E-state index in [0.717, 1.165) is 30.7 Å². The minimum Gasteiger partial charge on any atom is -0.465 e. The Labute approximate surface area is 182 Å². The van der Waals surface area contributed by atoms with Crippen LogP contribution >= 0.6 is 0 Å². The molecule has 2 N–H and O–H groups in total. The highest BCUT2D eigenvalue weighted by Crippen LogP contribution is 2.23. The Morgan fingerprint density at radius 2 is 1.90 bits per heavy atom. The minimum atomic E-state index is -0.448. The van der Waals surface area contributed by atoms with Gasteiger partial charge in [0.2, 0.25) is 5.95 Å². The fraction of sp³-hybridized carbons (Fsp3) is 0.435. The highest BCUT2D eigenvalue weighted by atomic mass is 16.5. The molecule has 0 radical (unpaired) electrons. The van der Waals surface area contributed by atoms with E-state index in [4.69, 9.17) is 4.74 Å². The molecule has 0 aliphatic carbocycles. The lowest BCUT2D eigenvalue weighted by Crippen LogP contribution is -2.28. The van der Waals surface area contributed by atoms with Gasteiger partial charge in [-0.25, -0.2) is 9.78 Å². The number of carbonyl (C=O) groups excluding carboxylic acids is 2. The molecule has 2 aromatic heterocycles. The number of amides is 1. The molecular weight excluding hydrogens is 394 g/mol. The normalized spacial score (nSPS) is 11.3. The second kappa shape index (κ2) is 9.78. The monoisotopic (exact) mass is 425 g/mol. The average molecular weight is 426 g/mol. The number of benzene rings is 1. The summed E-state index contributed by atoms with van der Waals surface area (Å²) in [6, 6.07) is 7.84. The second-order valence-corrected chi connectivity index (χ2v) is 7.38. The Balaban J connectivity index is 1.94. The molecule has 0 saturated heterocycles. The summed E-state index contributed by atoms with van der Waals surface area (Å²) in [4.78, 5) is 35.4. The van der Waals surface area contributed by atoms with Crippen molar-refractivity contribution < 1.29 is 14.3 Å². The number of methoxy groups -OCH3 is 1. The van der Waals surface area contributed by atoms with Gasteiger partial charge >= 0.3 is 5.97 Å². The molecule has 0 bridgehead atoms. The number of fused-ring (bicyclic) bond motifs is 1. The Morgan fingerprint density at radius 3 is 2.55 bits per heavy atom. The molecule has 2 heterocycles. The van der Waals surface area contributed by atoms with Crippen molar-refractivity contribution in [1.29, 1.82) is 0 Å². The van der Waals surface area contributed by atoms with Crippen molar-refractivity contribution in [2.24, 2.45) is 0 Å². The lowest BCUT2D eigenvalue weighted by atomic mass is 10.1. The fourth-order valence-corrected chi connectivity index (χ4v) is 3.87. The van der Waals surface area contributed by atoms with E-state index in [1.54, 1.807) is 6.92 Å². The third-order valence-corrected chi connectivity index (χ3v) is 5.71. The number of anilines is 1. The number of para-hydroxylation sites is 2. The van der Waals surface area contributed by atoms with Crippen LogP contribution in [-0.4, -0.2) is 58.1 Å². The number of carbonyl (C=O) groups is 2. The predicted molar refractivity (Wildman–Crippen MR) is 122 cm³/mol. The highest BCUT2D eigenvalue weighted by Gasteiger charge is 2.25. The van der Waals surface area contributed by atoms with Gasteiger partial charge in [-0.15, -0.1) is 0 Å². The zero-order chi connectivity index (χ0) is 22.5. The van der Waals surface area contributed by atoms with E-state index < -0.39 is 5.97 Å². The van der Waals surface area contributed by atoms with Gasteiger partial charge in [-0.3, -0.25) is 10.1 Å². The first-order valence-electron chi connectivity index (χ1n) is 10.7. The molecule has 1 aromatic carbocycles. The Hall–Kier alpha value is -3.13. The number of ether oxygens (including phenoxy) is 1. The number of rotatable bonds is 9. The van der Waals surface area contributed by atoms with Gasteiger partial charge in [0.05, 0.1) is 23.7 Å². The number of aryl methyl sites for hydroxylation is 1. The van der Waals surface area contributed by atoms with E-state index >= 15 is 0 Å². The van der Waals surface area contributed by atoms with E-state index in [-0.39, 0.29) is 5.91 Å². The summed E-state index contributed by atoms with van der Waals surface area (Å²) >= 11 is 0. The van der Waals surface area contributed by atoms with Crippen LogP contribution in [-0.2, 0) is 17.7 Å². The van der Waals surface area contributed by atoms with Crippen LogP contribution in [0.15, 0.2) is 24.3 Å². The summed E-state index contributed by atoms with van der Waals surface area (Å²) in [5.74, 6) is -0.289. The molecule has 0 spiro atoms. The molecule has 0 aliphatic heterocycles. The summed E-state index contributed by atoms with van der Waals surface area (Å²) in [7, 11) is 1.34. The molecule has 8 heteroatoms. The van der Waals surface area contributed by atoms with Crippen LogP contribution in [0, 0.1) is 6.92 Å². The van der Waals surface area contributed by atoms with E-state index in [0.29, 0.717) is 41.4 Å². The molecule has 0 fully saturated rings. The highest BCUT2D eigenvalue weighted by molar-refractivity contribution is 6.06. The van der Waals surface area contributed by atoms with Gasteiger partial charge in [-0.1, -0.05) is 32.9 Å². The van der Waals surface area contributed by atoms with Crippen LogP contribution < -0.4 is 5.32 Å². The van der Waals surface area contributed by atoms with Crippen molar-refractivity contribution in [3.63, 3.8) is 0 Å². The van der Waals surface area contributed by atoms with Crippen molar-refractivity contribution in [2.75, 3.05) is 32.1 Å². The maximum absolute atomic E-state index is 13.1. The van der Waals surface area contributed by atoms with Crippen LogP contribution in [0.3, 0.4) is 0 Å².